The van der Waals surface area contributed by atoms with E-state index in [0.29, 0.717) is 11.8 Å². The zero-order valence-corrected chi connectivity index (χ0v) is 31.2. The molecule has 1 saturated heterocycles. The maximum atomic E-state index is 12.7. The fourth-order valence-electron chi connectivity index (χ4n) is 13.7. The summed E-state index contributed by atoms with van der Waals surface area (Å²) in [6.45, 7) is 24.6. The first kappa shape index (κ1) is 35.2. The molecule has 0 bridgehead atoms. The Morgan fingerprint density at radius 1 is 0.787 bits per heavy atom. The molecule has 0 N–H and O–H groups in total. The monoisotopic (exact) mass is 658 g/mol. The largest absolute Gasteiger partial charge is 0.462 e. The van der Waals surface area contributed by atoms with E-state index in [2.05, 4.69) is 48.5 Å². The Morgan fingerprint density at radius 3 is 1.98 bits per heavy atom. The van der Waals surface area contributed by atoms with Crippen LogP contribution >= 0.6 is 0 Å². The zero-order valence-electron chi connectivity index (χ0n) is 31.2. The van der Waals surface area contributed by atoms with E-state index >= 15 is 0 Å². The Labute approximate surface area is 283 Å². The van der Waals surface area contributed by atoms with E-state index in [9.17, 15) is 14.4 Å². The third kappa shape index (κ3) is 5.14. The van der Waals surface area contributed by atoms with Gasteiger partial charge in [-0.3, -0.25) is 14.4 Å². The first-order valence-electron chi connectivity index (χ1n) is 18.4. The van der Waals surface area contributed by atoms with E-state index in [4.69, 9.17) is 23.7 Å². The van der Waals surface area contributed by atoms with E-state index in [-0.39, 0.29) is 86.8 Å². The van der Waals surface area contributed by atoms with Crippen LogP contribution in [0.5, 0.6) is 0 Å². The molecule has 0 aromatic rings. The predicted octanol–water partition coefficient (Wildman–Crippen LogP) is 7.79. The summed E-state index contributed by atoms with van der Waals surface area (Å²) >= 11 is 0. The van der Waals surface area contributed by atoms with Gasteiger partial charge in [-0.25, -0.2) is 0 Å². The van der Waals surface area contributed by atoms with Gasteiger partial charge in [0.05, 0.1) is 11.7 Å². The van der Waals surface area contributed by atoms with Gasteiger partial charge in [-0.15, -0.1) is 0 Å². The summed E-state index contributed by atoms with van der Waals surface area (Å²) < 4.78 is 31.2. The van der Waals surface area contributed by atoms with Gasteiger partial charge in [-0.1, -0.05) is 34.6 Å². The van der Waals surface area contributed by atoms with Crippen LogP contribution < -0.4 is 0 Å². The van der Waals surface area contributed by atoms with Gasteiger partial charge in [0.2, 0.25) is 0 Å². The maximum Gasteiger partial charge on any atom is 0.302 e. The second-order valence-corrected chi connectivity index (χ2v) is 18.8. The van der Waals surface area contributed by atoms with Gasteiger partial charge in [-0.2, -0.15) is 0 Å². The maximum absolute atomic E-state index is 12.7. The summed E-state index contributed by atoms with van der Waals surface area (Å²) in [6.07, 6.45) is 8.09. The third-order valence-corrected chi connectivity index (χ3v) is 15.2. The summed E-state index contributed by atoms with van der Waals surface area (Å²) in [7, 11) is 0. The molecule has 0 radical (unpaired) electrons. The molecule has 6 fully saturated rings. The van der Waals surface area contributed by atoms with Crippen LogP contribution in [0.4, 0.5) is 0 Å². The number of carbonyl (C=O) groups is 3. The molecule has 5 aliphatic carbocycles. The van der Waals surface area contributed by atoms with Crippen LogP contribution in [0.25, 0.3) is 0 Å². The smallest absolute Gasteiger partial charge is 0.302 e. The molecule has 8 heteroatoms. The Morgan fingerprint density at radius 2 is 1.40 bits per heavy atom. The Bertz CT molecular complexity index is 1300. The molecule has 6 aliphatic rings. The van der Waals surface area contributed by atoms with Crippen LogP contribution in [-0.2, 0) is 38.1 Å². The first-order valence-corrected chi connectivity index (χ1v) is 18.4. The highest BCUT2D eigenvalue weighted by molar-refractivity contribution is 5.67. The lowest BCUT2D eigenvalue weighted by molar-refractivity contribution is -0.216. The zero-order chi connectivity index (χ0) is 34.8. The van der Waals surface area contributed by atoms with Gasteiger partial charge < -0.3 is 23.7 Å². The van der Waals surface area contributed by atoms with Crippen LogP contribution in [0, 0.1) is 50.7 Å². The van der Waals surface area contributed by atoms with Crippen LogP contribution in [0.1, 0.15) is 141 Å². The standard InChI is InChI=1S/C39H62O8/c1-22(13-14-30-34(7,8)47-35(9,10)46-30)31-27(44-24(3)41)20-37(12)28-19-26(43-23(2)40)32-33(5,6)29(45-25(4)42)15-16-39(32)21-38(28,39)18-17-36(31,37)11/h22,26-32H,13-21H2,1-12H3/t22-,26+,27+,28+,29+,30-,31+,32+,36-,37+,38+,39-/m1/s1. The lowest BCUT2D eigenvalue weighted by atomic mass is 9.41. The summed E-state index contributed by atoms with van der Waals surface area (Å²) in [4.78, 5) is 37.5. The minimum absolute atomic E-state index is 0.00102. The first-order chi connectivity index (χ1) is 21.6. The molecule has 0 amide bonds. The summed E-state index contributed by atoms with van der Waals surface area (Å²) in [5.41, 5.74) is -0.615. The van der Waals surface area contributed by atoms with Gasteiger partial charge in [0, 0.05) is 38.0 Å². The fraction of sp³-hybridized carbons (Fsp3) is 0.923. The Hall–Kier alpha value is -1.67. The van der Waals surface area contributed by atoms with Crippen molar-refractivity contribution in [1.82, 2.24) is 0 Å². The fourth-order valence-corrected chi connectivity index (χ4v) is 13.7. The molecular weight excluding hydrogens is 596 g/mol. The molecule has 6 rings (SSSR count). The molecule has 266 valence electrons. The predicted molar refractivity (Wildman–Crippen MR) is 177 cm³/mol. The number of hydrogen-bond acceptors (Lipinski definition) is 8. The van der Waals surface area contributed by atoms with Crippen molar-refractivity contribution in [3.05, 3.63) is 0 Å². The van der Waals surface area contributed by atoms with E-state index < -0.39 is 5.79 Å². The summed E-state index contributed by atoms with van der Waals surface area (Å²) in [5, 5.41) is 0. The van der Waals surface area contributed by atoms with Crippen molar-refractivity contribution in [3.8, 4) is 0 Å². The molecule has 2 spiro atoms. The highest BCUT2D eigenvalue weighted by Gasteiger charge is 2.85. The third-order valence-electron chi connectivity index (χ3n) is 15.2. The molecule has 0 aromatic carbocycles. The van der Waals surface area contributed by atoms with Crippen LogP contribution in [-0.4, -0.2) is 53.7 Å². The number of ether oxygens (including phenoxy) is 5. The van der Waals surface area contributed by atoms with Crippen molar-refractivity contribution in [2.45, 2.75) is 177 Å². The second-order valence-electron chi connectivity index (χ2n) is 18.8. The average molecular weight is 659 g/mol. The van der Waals surface area contributed by atoms with Crippen LogP contribution in [0.3, 0.4) is 0 Å². The summed E-state index contributed by atoms with van der Waals surface area (Å²) in [5.74, 6) is -0.301. The van der Waals surface area contributed by atoms with E-state index in [1.165, 1.54) is 13.8 Å². The van der Waals surface area contributed by atoms with Gasteiger partial charge in [0.25, 0.3) is 0 Å². The number of fused-ring (bicyclic) bond motifs is 2. The molecule has 8 nitrogen and oxygen atoms in total. The van der Waals surface area contributed by atoms with Gasteiger partial charge >= 0.3 is 17.9 Å². The SMILES string of the molecule is CC(=O)O[C@H]1C[C@@]2(C)[C@@H]3C[C@H](OC(C)=O)[C@H]4C(C)(C)[C@@H](OC(C)=O)CC[C@@]45C[C@@]35CC[C@]2(C)[C@H]1[C@H](C)CC[C@H]1OC(C)(C)OC1(C)C. The van der Waals surface area contributed by atoms with Gasteiger partial charge in [-0.05, 0) is 119 Å². The van der Waals surface area contributed by atoms with Crippen molar-refractivity contribution in [2.24, 2.45) is 50.7 Å². The highest BCUT2D eigenvalue weighted by atomic mass is 16.8. The number of carbonyl (C=O) groups excluding carboxylic acids is 3. The molecule has 0 aromatic heterocycles. The van der Waals surface area contributed by atoms with Crippen molar-refractivity contribution >= 4 is 17.9 Å². The number of esters is 3. The molecule has 1 aliphatic heterocycles. The van der Waals surface area contributed by atoms with E-state index in [1.54, 1.807) is 6.92 Å². The van der Waals surface area contributed by atoms with E-state index in [1.807, 2.05) is 13.8 Å². The molecule has 0 unspecified atom stereocenters. The second kappa shape index (κ2) is 10.9. The lowest BCUT2D eigenvalue weighted by Crippen LogP contribution is -2.62. The normalized spacial score (nSPS) is 47.4. The van der Waals surface area contributed by atoms with Crippen molar-refractivity contribution in [1.29, 1.82) is 0 Å². The topological polar surface area (TPSA) is 97.4 Å². The molecular formula is C39H62O8. The lowest BCUT2D eigenvalue weighted by Gasteiger charge is -2.64. The van der Waals surface area contributed by atoms with Crippen LogP contribution in [0.2, 0.25) is 0 Å². The van der Waals surface area contributed by atoms with Crippen molar-refractivity contribution < 1.29 is 38.1 Å². The molecule has 5 saturated carbocycles. The minimum Gasteiger partial charge on any atom is -0.462 e. The average Bonchev–Trinajstić information content (AvgIpc) is 3.41. The number of hydrogen-bond donors (Lipinski definition) is 0. The van der Waals surface area contributed by atoms with Crippen molar-refractivity contribution in [2.75, 3.05) is 0 Å². The molecule has 12 atom stereocenters. The Kier molecular flexibility index (Phi) is 8.17. The van der Waals surface area contributed by atoms with E-state index in [0.717, 1.165) is 57.8 Å². The number of rotatable bonds is 7. The van der Waals surface area contributed by atoms with Gasteiger partial charge in [0.1, 0.15) is 18.3 Å². The highest BCUT2D eigenvalue weighted by Crippen LogP contribution is 2.89. The summed E-state index contributed by atoms with van der Waals surface area (Å²) in [6, 6.07) is 0. The molecule has 47 heavy (non-hydrogen) atoms. The Balaban J connectivity index is 1.33. The quantitative estimate of drug-likeness (QED) is 0.202. The van der Waals surface area contributed by atoms with Crippen LogP contribution in [0.15, 0.2) is 0 Å². The van der Waals surface area contributed by atoms with Crippen molar-refractivity contribution in [3.63, 3.8) is 0 Å². The van der Waals surface area contributed by atoms with Gasteiger partial charge in [0.15, 0.2) is 5.79 Å². The molecule has 1 heterocycles. The minimum atomic E-state index is -0.600.